The first-order chi connectivity index (χ1) is 10.7. The zero-order valence-corrected chi connectivity index (χ0v) is 13.8. The number of benzene rings is 1. The van der Waals surface area contributed by atoms with E-state index in [4.69, 9.17) is 4.52 Å². The number of halogens is 1. The van der Waals surface area contributed by atoms with Crippen LogP contribution >= 0.6 is 12.4 Å². The Labute approximate surface area is 141 Å². The van der Waals surface area contributed by atoms with Gasteiger partial charge in [0.1, 0.15) is 0 Å². The lowest BCUT2D eigenvalue weighted by atomic mass is 10.1. The Kier molecular flexibility index (Phi) is 6.12. The molecule has 2 unspecified atom stereocenters. The minimum Gasteiger partial charge on any atom is -0.354 e. The quantitative estimate of drug-likeness (QED) is 0.874. The molecule has 124 valence electrons. The summed E-state index contributed by atoms with van der Waals surface area (Å²) in [4.78, 5) is 16.4. The summed E-state index contributed by atoms with van der Waals surface area (Å²) in [7, 11) is 0. The Morgan fingerprint density at radius 1 is 1.43 bits per heavy atom. The molecule has 0 radical (unpaired) electrons. The van der Waals surface area contributed by atoms with Crippen LogP contribution < -0.4 is 10.6 Å². The number of aromatic nitrogens is 2. The molecule has 0 bridgehead atoms. The SMILES string of the molecule is CC(CNC(=O)C1CCCN1)c1nc(-c2ccccc2)no1.Cl. The summed E-state index contributed by atoms with van der Waals surface area (Å²) in [5.74, 6) is 1.15. The number of nitrogens with zero attached hydrogens (tertiary/aromatic N) is 2. The van der Waals surface area contributed by atoms with E-state index in [2.05, 4.69) is 20.8 Å². The number of nitrogens with one attached hydrogen (secondary N) is 2. The summed E-state index contributed by atoms with van der Waals surface area (Å²) in [5.41, 5.74) is 0.920. The highest BCUT2D eigenvalue weighted by molar-refractivity contribution is 5.85. The van der Waals surface area contributed by atoms with Crippen molar-refractivity contribution in [2.24, 2.45) is 0 Å². The molecule has 2 heterocycles. The van der Waals surface area contributed by atoms with Crippen molar-refractivity contribution in [3.05, 3.63) is 36.2 Å². The maximum absolute atomic E-state index is 12.0. The summed E-state index contributed by atoms with van der Waals surface area (Å²) in [6.07, 6.45) is 1.96. The average Bonchev–Trinajstić information content (AvgIpc) is 3.24. The van der Waals surface area contributed by atoms with Gasteiger partial charge < -0.3 is 15.2 Å². The molecule has 1 aliphatic rings. The molecule has 7 heteroatoms. The molecule has 23 heavy (non-hydrogen) atoms. The van der Waals surface area contributed by atoms with Gasteiger partial charge in [-0.1, -0.05) is 42.4 Å². The van der Waals surface area contributed by atoms with Crippen LogP contribution in [0.1, 0.15) is 31.6 Å². The van der Waals surface area contributed by atoms with E-state index < -0.39 is 0 Å². The molecule has 2 atom stereocenters. The molecule has 1 aromatic carbocycles. The normalized spacial score (nSPS) is 18.2. The van der Waals surface area contributed by atoms with E-state index in [0.29, 0.717) is 18.3 Å². The third kappa shape index (κ3) is 4.30. The highest BCUT2D eigenvalue weighted by Crippen LogP contribution is 2.19. The molecule has 0 aliphatic carbocycles. The molecule has 2 N–H and O–H groups in total. The molecule has 1 fully saturated rings. The second kappa shape index (κ2) is 8.08. The van der Waals surface area contributed by atoms with Crippen molar-refractivity contribution in [1.29, 1.82) is 0 Å². The number of amides is 1. The second-order valence-electron chi connectivity index (χ2n) is 5.62. The van der Waals surface area contributed by atoms with Gasteiger partial charge in [-0.25, -0.2) is 0 Å². The van der Waals surface area contributed by atoms with Gasteiger partial charge in [-0.3, -0.25) is 4.79 Å². The van der Waals surface area contributed by atoms with E-state index in [-0.39, 0.29) is 30.3 Å². The minimum atomic E-state index is -0.0604. The summed E-state index contributed by atoms with van der Waals surface area (Å²) in [6, 6.07) is 9.63. The van der Waals surface area contributed by atoms with Crippen LogP contribution in [0.2, 0.25) is 0 Å². The average molecular weight is 337 g/mol. The largest absolute Gasteiger partial charge is 0.354 e. The summed E-state index contributed by atoms with van der Waals surface area (Å²) in [6.45, 7) is 3.37. The zero-order chi connectivity index (χ0) is 15.4. The van der Waals surface area contributed by atoms with Gasteiger partial charge in [-0.15, -0.1) is 12.4 Å². The van der Waals surface area contributed by atoms with E-state index in [0.717, 1.165) is 24.9 Å². The van der Waals surface area contributed by atoms with Gasteiger partial charge in [-0.2, -0.15) is 4.98 Å². The minimum absolute atomic E-state index is 0. The van der Waals surface area contributed by atoms with Gasteiger partial charge in [-0.05, 0) is 19.4 Å². The third-order valence-electron chi connectivity index (χ3n) is 3.85. The van der Waals surface area contributed by atoms with Crippen molar-refractivity contribution in [2.75, 3.05) is 13.1 Å². The predicted octanol–water partition coefficient (Wildman–Crippen LogP) is 2.13. The van der Waals surface area contributed by atoms with Gasteiger partial charge in [0.05, 0.1) is 12.0 Å². The molecule has 3 rings (SSSR count). The summed E-state index contributed by atoms with van der Waals surface area (Å²) in [5, 5.41) is 10.1. The van der Waals surface area contributed by atoms with Crippen molar-refractivity contribution >= 4 is 18.3 Å². The molecule has 1 amide bonds. The fourth-order valence-electron chi connectivity index (χ4n) is 2.51. The van der Waals surface area contributed by atoms with Crippen molar-refractivity contribution < 1.29 is 9.32 Å². The standard InChI is InChI=1S/C16H20N4O2.ClH/c1-11(10-18-15(21)13-8-5-9-17-13)16-19-14(20-22-16)12-6-3-2-4-7-12;/h2-4,6-7,11,13,17H,5,8-10H2,1H3,(H,18,21);1H. The number of rotatable bonds is 5. The van der Waals surface area contributed by atoms with E-state index in [1.54, 1.807) is 0 Å². The molecule has 1 saturated heterocycles. The lowest BCUT2D eigenvalue weighted by Gasteiger charge is -2.12. The van der Waals surface area contributed by atoms with E-state index in [1.807, 2.05) is 37.3 Å². The van der Waals surface area contributed by atoms with Gasteiger partial charge in [0.2, 0.25) is 17.6 Å². The van der Waals surface area contributed by atoms with Crippen LogP contribution in [-0.2, 0) is 4.79 Å². The Balaban J connectivity index is 0.00000192. The molecule has 0 saturated carbocycles. The van der Waals surface area contributed by atoms with Crippen LogP contribution in [0.5, 0.6) is 0 Å². The first-order valence-corrected chi connectivity index (χ1v) is 7.64. The zero-order valence-electron chi connectivity index (χ0n) is 13.0. The molecular weight excluding hydrogens is 316 g/mol. The smallest absolute Gasteiger partial charge is 0.237 e. The van der Waals surface area contributed by atoms with Crippen LogP contribution in [0, 0.1) is 0 Å². The molecule has 1 aliphatic heterocycles. The Bertz CT molecular complexity index is 626. The molecular formula is C16H21ClN4O2. The monoisotopic (exact) mass is 336 g/mol. The number of hydrogen-bond donors (Lipinski definition) is 2. The first kappa shape index (κ1) is 17.4. The van der Waals surface area contributed by atoms with Crippen molar-refractivity contribution in [3.63, 3.8) is 0 Å². The van der Waals surface area contributed by atoms with Crippen molar-refractivity contribution in [3.8, 4) is 11.4 Å². The van der Waals surface area contributed by atoms with Crippen LogP contribution in [0.25, 0.3) is 11.4 Å². The Morgan fingerprint density at radius 3 is 2.91 bits per heavy atom. The van der Waals surface area contributed by atoms with Crippen molar-refractivity contribution in [1.82, 2.24) is 20.8 Å². The highest BCUT2D eigenvalue weighted by Gasteiger charge is 2.23. The summed E-state index contributed by atoms with van der Waals surface area (Å²) >= 11 is 0. The summed E-state index contributed by atoms with van der Waals surface area (Å²) < 4.78 is 5.31. The van der Waals surface area contributed by atoms with Crippen LogP contribution in [0.4, 0.5) is 0 Å². The second-order valence-corrected chi connectivity index (χ2v) is 5.62. The molecule has 0 spiro atoms. The lowest BCUT2D eigenvalue weighted by molar-refractivity contribution is -0.122. The van der Waals surface area contributed by atoms with Crippen LogP contribution in [-0.4, -0.2) is 35.2 Å². The van der Waals surface area contributed by atoms with Gasteiger partial charge in [0, 0.05) is 12.1 Å². The van der Waals surface area contributed by atoms with Gasteiger partial charge in [0.15, 0.2) is 0 Å². The fraction of sp³-hybridized carbons (Fsp3) is 0.438. The Hall–Kier alpha value is -1.92. The predicted molar refractivity (Wildman–Crippen MR) is 89.4 cm³/mol. The van der Waals surface area contributed by atoms with Crippen LogP contribution in [0.3, 0.4) is 0 Å². The molecule has 6 nitrogen and oxygen atoms in total. The molecule has 1 aromatic heterocycles. The number of carbonyl (C=O) groups is 1. The lowest BCUT2D eigenvalue weighted by Crippen LogP contribution is -2.41. The van der Waals surface area contributed by atoms with E-state index in [9.17, 15) is 4.79 Å². The Morgan fingerprint density at radius 2 is 2.22 bits per heavy atom. The first-order valence-electron chi connectivity index (χ1n) is 7.64. The topological polar surface area (TPSA) is 80.0 Å². The van der Waals surface area contributed by atoms with Gasteiger partial charge in [0.25, 0.3) is 0 Å². The maximum Gasteiger partial charge on any atom is 0.237 e. The van der Waals surface area contributed by atoms with Crippen LogP contribution in [0.15, 0.2) is 34.9 Å². The van der Waals surface area contributed by atoms with Crippen molar-refractivity contribution in [2.45, 2.75) is 31.7 Å². The maximum atomic E-state index is 12.0. The fourth-order valence-corrected chi connectivity index (χ4v) is 2.51. The van der Waals surface area contributed by atoms with Gasteiger partial charge >= 0.3 is 0 Å². The number of carbonyl (C=O) groups excluding carboxylic acids is 1. The van der Waals surface area contributed by atoms with E-state index >= 15 is 0 Å². The highest BCUT2D eigenvalue weighted by atomic mass is 35.5. The van der Waals surface area contributed by atoms with E-state index in [1.165, 1.54) is 0 Å². The molecule has 2 aromatic rings. The number of hydrogen-bond acceptors (Lipinski definition) is 5. The third-order valence-corrected chi connectivity index (χ3v) is 3.85.